The van der Waals surface area contributed by atoms with E-state index in [0.29, 0.717) is 23.6 Å². The van der Waals surface area contributed by atoms with Gasteiger partial charge < -0.3 is 5.73 Å². The molecule has 0 fully saturated rings. The molecule has 0 aliphatic rings. The molecule has 0 aliphatic heterocycles. The smallest absolute Gasteiger partial charge is 0.213 e. The van der Waals surface area contributed by atoms with Gasteiger partial charge in [0.1, 0.15) is 23.1 Å². The van der Waals surface area contributed by atoms with Gasteiger partial charge in [0, 0.05) is 19.8 Å². The molecule has 0 unspecified atom stereocenters. The van der Waals surface area contributed by atoms with Crippen LogP contribution in [0.15, 0.2) is 22.6 Å². The molecule has 0 aromatic carbocycles. The lowest BCUT2D eigenvalue weighted by molar-refractivity contribution is 0.660. The molecule has 2 heterocycles. The summed E-state index contributed by atoms with van der Waals surface area (Å²) in [5.74, 6) is 0.690. The van der Waals surface area contributed by atoms with Gasteiger partial charge in [-0.15, -0.1) is 15.3 Å². The van der Waals surface area contributed by atoms with Gasteiger partial charge in [-0.3, -0.25) is 9.36 Å². The van der Waals surface area contributed by atoms with Crippen LogP contribution in [0.5, 0.6) is 0 Å². The Morgan fingerprint density at radius 1 is 1.50 bits per heavy atom. The molecule has 0 atom stereocenters. The molecule has 8 nitrogen and oxygen atoms in total. The summed E-state index contributed by atoms with van der Waals surface area (Å²) in [6, 6.07) is 2.02. The minimum absolute atomic E-state index is 0.280. The molecule has 0 saturated carbocycles. The van der Waals surface area contributed by atoms with Crippen LogP contribution in [0.1, 0.15) is 12.5 Å². The maximum atomic E-state index is 8.94. The third-order valence-electron chi connectivity index (χ3n) is 2.40. The lowest BCUT2D eigenvalue weighted by Crippen LogP contribution is -1.96. The van der Waals surface area contributed by atoms with Crippen LogP contribution >= 0.6 is 0 Å². The van der Waals surface area contributed by atoms with Crippen molar-refractivity contribution in [1.29, 1.82) is 5.26 Å². The number of hydrogen-bond acceptors (Lipinski definition) is 6. The monoisotopic (exact) mass is 244 g/mol. The number of anilines is 1. The first kappa shape index (κ1) is 11.8. The maximum Gasteiger partial charge on any atom is 0.213 e. The predicted molar refractivity (Wildman–Crippen MR) is 64.4 cm³/mol. The van der Waals surface area contributed by atoms with Crippen LogP contribution in [0, 0.1) is 11.3 Å². The number of nitriles is 1. The Hall–Kier alpha value is -2.69. The van der Waals surface area contributed by atoms with Gasteiger partial charge in [-0.2, -0.15) is 10.4 Å². The number of rotatable bonds is 3. The molecule has 2 rings (SSSR count). The molecule has 92 valence electrons. The second-order valence-corrected chi connectivity index (χ2v) is 3.57. The van der Waals surface area contributed by atoms with Crippen molar-refractivity contribution in [3.8, 4) is 6.07 Å². The lowest BCUT2D eigenvalue weighted by atomic mass is 10.4. The van der Waals surface area contributed by atoms with E-state index < -0.39 is 0 Å². The third-order valence-corrected chi connectivity index (χ3v) is 2.40. The van der Waals surface area contributed by atoms with Crippen molar-refractivity contribution in [2.24, 2.45) is 17.3 Å². The number of aryl methyl sites for hydroxylation is 2. The summed E-state index contributed by atoms with van der Waals surface area (Å²) < 4.78 is 3.11. The van der Waals surface area contributed by atoms with Gasteiger partial charge in [-0.1, -0.05) is 0 Å². The predicted octanol–water partition coefficient (Wildman–Crippen LogP) is 1.51. The van der Waals surface area contributed by atoms with Crippen LogP contribution in [0.2, 0.25) is 0 Å². The van der Waals surface area contributed by atoms with Gasteiger partial charge in [0.2, 0.25) is 5.82 Å². The average molecular weight is 244 g/mol. The minimum atomic E-state index is 0.280. The van der Waals surface area contributed by atoms with Crippen LogP contribution in [0.4, 0.5) is 17.3 Å². The van der Waals surface area contributed by atoms with E-state index in [2.05, 4.69) is 20.4 Å². The van der Waals surface area contributed by atoms with E-state index >= 15 is 0 Å². The van der Waals surface area contributed by atoms with Crippen molar-refractivity contribution < 1.29 is 0 Å². The first-order valence-corrected chi connectivity index (χ1v) is 5.32. The van der Waals surface area contributed by atoms with Crippen molar-refractivity contribution in [2.45, 2.75) is 13.5 Å². The largest absolute Gasteiger partial charge is 0.382 e. The summed E-state index contributed by atoms with van der Waals surface area (Å²) >= 11 is 0. The average Bonchev–Trinajstić information content (AvgIpc) is 2.92. The third kappa shape index (κ3) is 2.06. The standard InChI is InChI=1S/C10H12N8/c1-3-18-6-7(4-11)10(16-18)15-14-8-5-13-17(2)9(8)12/h5-6H,3,12H2,1-2H3. The van der Waals surface area contributed by atoms with Crippen molar-refractivity contribution in [3.63, 3.8) is 0 Å². The van der Waals surface area contributed by atoms with E-state index in [1.165, 1.54) is 10.9 Å². The summed E-state index contributed by atoms with van der Waals surface area (Å²) in [6.07, 6.45) is 3.13. The van der Waals surface area contributed by atoms with Gasteiger partial charge >= 0.3 is 0 Å². The van der Waals surface area contributed by atoms with Crippen molar-refractivity contribution in [3.05, 3.63) is 18.0 Å². The van der Waals surface area contributed by atoms with Gasteiger partial charge in [0.05, 0.1) is 6.20 Å². The van der Waals surface area contributed by atoms with Crippen molar-refractivity contribution in [1.82, 2.24) is 19.6 Å². The van der Waals surface area contributed by atoms with Gasteiger partial charge in [0.25, 0.3) is 0 Å². The van der Waals surface area contributed by atoms with E-state index in [-0.39, 0.29) is 5.82 Å². The minimum Gasteiger partial charge on any atom is -0.382 e. The number of nitrogen functional groups attached to an aromatic ring is 1. The Kier molecular flexibility index (Phi) is 3.05. The molecule has 0 spiro atoms. The van der Waals surface area contributed by atoms with Gasteiger partial charge in [0.15, 0.2) is 0 Å². The highest BCUT2D eigenvalue weighted by molar-refractivity contribution is 5.56. The zero-order chi connectivity index (χ0) is 13.1. The summed E-state index contributed by atoms with van der Waals surface area (Å²) in [5, 5.41) is 24.9. The molecule has 0 amide bonds. The Bertz CT molecular complexity index is 627. The number of azo groups is 1. The summed E-state index contributed by atoms with van der Waals surface area (Å²) in [5.41, 5.74) is 6.55. The van der Waals surface area contributed by atoms with Gasteiger partial charge in [-0.05, 0) is 6.92 Å². The Morgan fingerprint density at radius 2 is 2.28 bits per heavy atom. The number of nitrogens with zero attached hydrogens (tertiary/aromatic N) is 7. The molecule has 2 N–H and O–H groups in total. The highest BCUT2D eigenvalue weighted by Crippen LogP contribution is 2.24. The normalized spacial score (nSPS) is 10.9. The molecule has 0 bridgehead atoms. The first-order chi connectivity index (χ1) is 8.65. The number of aromatic nitrogens is 4. The summed E-state index contributed by atoms with van der Waals surface area (Å²) in [4.78, 5) is 0. The molecule has 2 aromatic rings. The summed E-state index contributed by atoms with van der Waals surface area (Å²) in [7, 11) is 1.71. The molecule has 0 saturated heterocycles. The van der Waals surface area contributed by atoms with Crippen LogP contribution in [-0.2, 0) is 13.6 Å². The SMILES string of the molecule is CCn1cc(C#N)c(N=Nc2cnn(C)c2N)n1. The quantitative estimate of drug-likeness (QED) is 0.824. The molecule has 18 heavy (non-hydrogen) atoms. The van der Waals surface area contributed by atoms with Crippen LogP contribution in [0.25, 0.3) is 0 Å². The van der Waals surface area contributed by atoms with Crippen molar-refractivity contribution >= 4 is 17.3 Å². The zero-order valence-electron chi connectivity index (χ0n) is 10.1. The van der Waals surface area contributed by atoms with Crippen LogP contribution in [-0.4, -0.2) is 19.6 Å². The van der Waals surface area contributed by atoms with Crippen LogP contribution in [0.3, 0.4) is 0 Å². The fourth-order valence-corrected chi connectivity index (χ4v) is 1.34. The lowest BCUT2D eigenvalue weighted by Gasteiger charge is -1.92. The second-order valence-electron chi connectivity index (χ2n) is 3.57. The molecular weight excluding hydrogens is 232 g/mol. The fraction of sp³-hybridized carbons (Fsp3) is 0.300. The highest BCUT2D eigenvalue weighted by Gasteiger charge is 2.08. The van der Waals surface area contributed by atoms with Crippen molar-refractivity contribution in [2.75, 3.05) is 5.73 Å². The second kappa shape index (κ2) is 4.67. The molecule has 0 radical (unpaired) electrons. The summed E-state index contributed by atoms with van der Waals surface area (Å²) in [6.45, 7) is 2.59. The molecule has 2 aromatic heterocycles. The van der Waals surface area contributed by atoms with E-state index in [4.69, 9.17) is 11.0 Å². The number of nitrogens with two attached hydrogens (primary N) is 1. The van der Waals surface area contributed by atoms with Gasteiger partial charge in [-0.25, -0.2) is 0 Å². The molecule has 0 aliphatic carbocycles. The Labute approximate surface area is 103 Å². The molecular formula is C10H12N8. The van der Waals surface area contributed by atoms with E-state index in [1.807, 2.05) is 13.0 Å². The van der Waals surface area contributed by atoms with E-state index in [1.54, 1.807) is 17.9 Å². The number of hydrogen-bond donors (Lipinski definition) is 1. The maximum absolute atomic E-state index is 8.94. The topological polar surface area (TPSA) is 110 Å². The molecule has 8 heteroatoms. The Morgan fingerprint density at radius 3 is 2.83 bits per heavy atom. The van der Waals surface area contributed by atoms with E-state index in [9.17, 15) is 0 Å². The Balaban J connectivity index is 2.31. The first-order valence-electron chi connectivity index (χ1n) is 5.32. The van der Waals surface area contributed by atoms with E-state index in [0.717, 1.165) is 0 Å². The highest BCUT2D eigenvalue weighted by atomic mass is 15.3. The fourth-order valence-electron chi connectivity index (χ4n) is 1.34. The van der Waals surface area contributed by atoms with Crippen LogP contribution < -0.4 is 5.73 Å². The zero-order valence-corrected chi connectivity index (χ0v) is 10.1.